The van der Waals surface area contributed by atoms with Gasteiger partial charge in [0.1, 0.15) is 12.4 Å². The molecule has 6 heteroatoms. The Morgan fingerprint density at radius 2 is 2.29 bits per heavy atom. The number of alkyl halides is 1. The summed E-state index contributed by atoms with van der Waals surface area (Å²) in [5.41, 5.74) is 0. The SMILES string of the molecule is COc1ccc2ccnc(OC[C@@H]3C[C@H](F)C(=O)N3)c2c1. The number of ether oxygens (including phenoxy) is 2. The van der Waals surface area contributed by atoms with Crippen molar-refractivity contribution in [2.24, 2.45) is 0 Å². The van der Waals surface area contributed by atoms with Gasteiger partial charge in [0, 0.05) is 18.0 Å². The van der Waals surface area contributed by atoms with Crippen molar-refractivity contribution in [2.45, 2.75) is 18.6 Å². The van der Waals surface area contributed by atoms with E-state index < -0.39 is 12.1 Å². The lowest BCUT2D eigenvalue weighted by atomic mass is 10.1. The van der Waals surface area contributed by atoms with Crippen molar-refractivity contribution in [3.8, 4) is 11.6 Å². The topological polar surface area (TPSA) is 60.5 Å². The lowest BCUT2D eigenvalue weighted by molar-refractivity contribution is -0.123. The summed E-state index contributed by atoms with van der Waals surface area (Å²) in [4.78, 5) is 15.3. The van der Waals surface area contributed by atoms with Crippen LogP contribution in [-0.2, 0) is 4.79 Å². The van der Waals surface area contributed by atoms with E-state index in [0.29, 0.717) is 11.6 Å². The molecule has 1 aromatic heterocycles. The second kappa shape index (κ2) is 5.55. The van der Waals surface area contributed by atoms with Crippen molar-refractivity contribution < 1.29 is 18.7 Å². The summed E-state index contributed by atoms with van der Waals surface area (Å²) in [5, 5.41) is 4.34. The quantitative estimate of drug-likeness (QED) is 0.933. The van der Waals surface area contributed by atoms with Crippen molar-refractivity contribution in [3.05, 3.63) is 30.5 Å². The number of carbonyl (C=O) groups is 1. The molecular formula is C15H15FN2O3. The summed E-state index contributed by atoms with van der Waals surface area (Å²) >= 11 is 0. The molecule has 0 aliphatic carbocycles. The Labute approximate surface area is 121 Å². The van der Waals surface area contributed by atoms with Crippen LogP contribution in [-0.4, -0.2) is 36.8 Å². The minimum Gasteiger partial charge on any atom is -0.497 e. The number of pyridine rings is 1. The third-order valence-electron chi connectivity index (χ3n) is 3.48. The minimum atomic E-state index is -1.45. The Morgan fingerprint density at radius 3 is 3.00 bits per heavy atom. The normalized spacial score (nSPS) is 21.3. The first-order valence-electron chi connectivity index (χ1n) is 6.67. The maximum Gasteiger partial charge on any atom is 0.254 e. The monoisotopic (exact) mass is 290 g/mol. The van der Waals surface area contributed by atoms with Crippen molar-refractivity contribution in [2.75, 3.05) is 13.7 Å². The summed E-state index contributed by atoms with van der Waals surface area (Å²) in [6.45, 7) is 0.190. The fourth-order valence-corrected chi connectivity index (χ4v) is 2.36. The van der Waals surface area contributed by atoms with Crippen LogP contribution in [0.2, 0.25) is 0 Å². The van der Waals surface area contributed by atoms with E-state index in [-0.39, 0.29) is 19.1 Å². The number of aromatic nitrogens is 1. The highest BCUT2D eigenvalue weighted by Crippen LogP contribution is 2.27. The van der Waals surface area contributed by atoms with E-state index >= 15 is 0 Å². The number of benzene rings is 1. The second-order valence-corrected chi connectivity index (χ2v) is 4.92. The fourth-order valence-electron chi connectivity index (χ4n) is 2.36. The summed E-state index contributed by atoms with van der Waals surface area (Å²) < 4.78 is 24.0. The molecule has 1 saturated heterocycles. The molecule has 1 aliphatic heterocycles. The van der Waals surface area contributed by atoms with Crippen LogP contribution in [0.4, 0.5) is 4.39 Å². The van der Waals surface area contributed by atoms with Gasteiger partial charge in [0.2, 0.25) is 5.88 Å². The smallest absolute Gasteiger partial charge is 0.254 e. The summed E-state index contributed by atoms with van der Waals surface area (Å²) in [7, 11) is 1.59. The molecule has 21 heavy (non-hydrogen) atoms. The van der Waals surface area contributed by atoms with Gasteiger partial charge < -0.3 is 14.8 Å². The second-order valence-electron chi connectivity index (χ2n) is 4.92. The molecule has 1 aliphatic rings. The lowest BCUT2D eigenvalue weighted by Gasteiger charge is -2.13. The number of hydrogen-bond acceptors (Lipinski definition) is 4. The molecule has 1 fully saturated rings. The van der Waals surface area contributed by atoms with Crippen LogP contribution in [0.3, 0.4) is 0 Å². The van der Waals surface area contributed by atoms with E-state index in [9.17, 15) is 9.18 Å². The Balaban J connectivity index is 1.79. The maximum absolute atomic E-state index is 13.1. The van der Waals surface area contributed by atoms with Crippen molar-refractivity contribution >= 4 is 16.7 Å². The molecule has 2 heterocycles. The minimum absolute atomic E-state index is 0.132. The van der Waals surface area contributed by atoms with Gasteiger partial charge in [-0.2, -0.15) is 0 Å². The van der Waals surface area contributed by atoms with Crippen LogP contribution in [0.5, 0.6) is 11.6 Å². The number of carbonyl (C=O) groups excluding carboxylic acids is 1. The summed E-state index contributed by atoms with van der Waals surface area (Å²) in [6.07, 6.45) is 0.335. The van der Waals surface area contributed by atoms with Crippen molar-refractivity contribution in [3.63, 3.8) is 0 Å². The van der Waals surface area contributed by atoms with Gasteiger partial charge in [0.25, 0.3) is 5.91 Å². The van der Waals surface area contributed by atoms with Gasteiger partial charge in [-0.25, -0.2) is 9.37 Å². The zero-order valence-electron chi connectivity index (χ0n) is 11.5. The molecule has 1 amide bonds. The average Bonchev–Trinajstić information content (AvgIpc) is 2.83. The third-order valence-corrected chi connectivity index (χ3v) is 3.48. The number of methoxy groups -OCH3 is 1. The van der Waals surface area contributed by atoms with Gasteiger partial charge >= 0.3 is 0 Å². The van der Waals surface area contributed by atoms with Gasteiger partial charge in [0.15, 0.2) is 6.17 Å². The van der Waals surface area contributed by atoms with E-state index in [2.05, 4.69) is 10.3 Å². The van der Waals surface area contributed by atoms with E-state index in [1.54, 1.807) is 13.3 Å². The van der Waals surface area contributed by atoms with Gasteiger partial charge in [-0.1, -0.05) is 6.07 Å². The Morgan fingerprint density at radius 1 is 1.43 bits per heavy atom. The van der Waals surface area contributed by atoms with Gasteiger partial charge in [-0.15, -0.1) is 0 Å². The van der Waals surface area contributed by atoms with Crippen molar-refractivity contribution in [1.29, 1.82) is 0 Å². The molecule has 0 saturated carbocycles. The Hall–Kier alpha value is -2.37. The predicted octanol–water partition coefficient (Wildman–Crippen LogP) is 1.85. The maximum atomic E-state index is 13.1. The van der Waals surface area contributed by atoms with Crippen LogP contribution in [0.25, 0.3) is 10.8 Å². The molecule has 0 spiro atoms. The predicted molar refractivity (Wildman–Crippen MR) is 75.2 cm³/mol. The first-order chi connectivity index (χ1) is 10.2. The summed E-state index contributed by atoms with van der Waals surface area (Å²) in [5.74, 6) is 0.581. The molecule has 3 rings (SSSR count). The number of hydrogen-bond donors (Lipinski definition) is 1. The third kappa shape index (κ3) is 2.74. The molecule has 2 atom stereocenters. The number of fused-ring (bicyclic) bond motifs is 1. The highest BCUT2D eigenvalue weighted by Gasteiger charge is 2.32. The fraction of sp³-hybridized carbons (Fsp3) is 0.333. The molecule has 0 radical (unpaired) electrons. The molecular weight excluding hydrogens is 275 g/mol. The standard InChI is InChI=1S/C15H15FN2O3/c1-20-11-3-2-9-4-5-17-15(12(9)7-11)21-8-10-6-13(16)14(19)18-10/h2-5,7,10,13H,6,8H2,1H3,(H,18,19)/t10-,13-/m0/s1. The van der Waals surface area contributed by atoms with Gasteiger partial charge in [-0.05, 0) is 23.6 Å². The van der Waals surface area contributed by atoms with Crippen molar-refractivity contribution in [1.82, 2.24) is 10.3 Å². The number of nitrogens with one attached hydrogen (secondary N) is 1. The highest BCUT2D eigenvalue weighted by molar-refractivity contribution is 5.88. The molecule has 110 valence electrons. The lowest BCUT2D eigenvalue weighted by Crippen LogP contribution is -2.31. The Bertz CT molecular complexity index is 677. The van der Waals surface area contributed by atoms with Crippen LogP contribution in [0.15, 0.2) is 30.5 Å². The average molecular weight is 290 g/mol. The van der Waals surface area contributed by atoms with E-state index in [4.69, 9.17) is 9.47 Å². The van der Waals surface area contributed by atoms with E-state index in [0.717, 1.165) is 10.8 Å². The van der Waals surface area contributed by atoms with Crippen LogP contribution in [0, 0.1) is 0 Å². The number of halogens is 1. The number of nitrogens with zero attached hydrogens (tertiary/aromatic N) is 1. The Kier molecular flexibility index (Phi) is 3.60. The van der Waals surface area contributed by atoms with E-state index in [1.165, 1.54) is 0 Å². The first-order valence-corrected chi connectivity index (χ1v) is 6.67. The van der Waals surface area contributed by atoms with E-state index in [1.807, 2.05) is 24.3 Å². The van der Waals surface area contributed by atoms with Crippen LogP contribution in [0.1, 0.15) is 6.42 Å². The zero-order valence-corrected chi connectivity index (χ0v) is 11.5. The largest absolute Gasteiger partial charge is 0.497 e. The molecule has 2 aromatic rings. The van der Waals surface area contributed by atoms with Gasteiger partial charge in [-0.3, -0.25) is 4.79 Å². The number of rotatable bonds is 4. The number of amides is 1. The van der Waals surface area contributed by atoms with Crippen LogP contribution >= 0.6 is 0 Å². The molecule has 5 nitrogen and oxygen atoms in total. The molecule has 1 aromatic carbocycles. The molecule has 0 bridgehead atoms. The summed E-state index contributed by atoms with van der Waals surface area (Å²) in [6, 6.07) is 7.16. The molecule has 1 N–H and O–H groups in total. The molecule has 0 unspecified atom stereocenters. The zero-order chi connectivity index (χ0) is 14.8. The van der Waals surface area contributed by atoms with Crippen LogP contribution < -0.4 is 14.8 Å². The highest BCUT2D eigenvalue weighted by atomic mass is 19.1. The first kappa shape index (κ1) is 13.6. The van der Waals surface area contributed by atoms with Gasteiger partial charge in [0.05, 0.1) is 13.2 Å².